The number of aliphatic hydroxyl groups is 1. The van der Waals surface area contributed by atoms with Crippen LogP contribution in [0.15, 0.2) is 0 Å². The molecular formula is C14H23N3O4. The van der Waals surface area contributed by atoms with Crippen molar-refractivity contribution >= 4 is 17.7 Å². The monoisotopic (exact) mass is 297 g/mol. The molecule has 3 atom stereocenters. The number of nitrogens with zero attached hydrogens (tertiary/aromatic N) is 2. The summed E-state index contributed by atoms with van der Waals surface area (Å²) in [4.78, 5) is 39.2. The Morgan fingerprint density at radius 1 is 1.29 bits per heavy atom. The van der Waals surface area contributed by atoms with Crippen LogP contribution in [0.2, 0.25) is 0 Å². The number of piperidine rings is 1. The van der Waals surface area contributed by atoms with Crippen molar-refractivity contribution in [2.24, 2.45) is 5.73 Å². The summed E-state index contributed by atoms with van der Waals surface area (Å²) < 4.78 is 0. The first-order valence-corrected chi connectivity index (χ1v) is 7.38. The van der Waals surface area contributed by atoms with Crippen molar-refractivity contribution in [1.29, 1.82) is 0 Å². The van der Waals surface area contributed by atoms with Crippen LogP contribution in [0.5, 0.6) is 0 Å². The van der Waals surface area contributed by atoms with Gasteiger partial charge in [0.25, 0.3) is 0 Å². The quantitative estimate of drug-likeness (QED) is 0.713. The van der Waals surface area contributed by atoms with Crippen LogP contribution in [0.4, 0.5) is 0 Å². The van der Waals surface area contributed by atoms with Gasteiger partial charge < -0.3 is 20.6 Å². The fourth-order valence-electron chi connectivity index (χ4n) is 3.68. The van der Waals surface area contributed by atoms with E-state index in [0.717, 1.165) is 12.8 Å². The van der Waals surface area contributed by atoms with Gasteiger partial charge in [-0.25, -0.2) is 0 Å². The van der Waals surface area contributed by atoms with Crippen LogP contribution in [0.3, 0.4) is 0 Å². The van der Waals surface area contributed by atoms with Crippen LogP contribution in [0, 0.1) is 0 Å². The number of primary amides is 1. The Morgan fingerprint density at radius 2 is 1.95 bits per heavy atom. The maximum Gasteiger partial charge on any atom is 0.249 e. The van der Waals surface area contributed by atoms with E-state index in [0.29, 0.717) is 25.9 Å². The Hall–Kier alpha value is -1.63. The Labute approximate surface area is 124 Å². The van der Waals surface area contributed by atoms with Gasteiger partial charge >= 0.3 is 0 Å². The van der Waals surface area contributed by atoms with Gasteiger partial charge in [-0.3, -0.25) is 14.4 Å². The first-order chi connectivity index (χ1) is 9.81. The van der Waals surface area contributed by atoms with Gasteiger partial charge in [-0.2, -0.15) is 0 Å². The normalized spacial score (nSPS) is 28.8. The SMILES string of the molecule is CC(=O)N1CCCCC12CCN([C@H](C(N)=O)[C@@H](C)O)C2=O. The van der Waals surface area contributed by atoms with Gasteiger partial charge in [0.15, 0.2) is 0 Å². The third kappa shape index (κ3) is 2.50. The highest BCUT2D eigenvalue weighted by Gasteiger charge is 2.55. The topological polar surface area (TPSA) is 104 Å². The first-order valence-electron chi connectivity index (χ1n) is 7.38. The van der Waals surface area contributed by atoms with Gasteiger partial charge in [0.1, 0.15) is 11.6 Å². The lowest BCUT2D eigenvalue weighted by atomic mass is 9.85. The number of amides is 3. The molecule has 2 saturated heterocycles. The molecule has 1 unspecified atom stereocenters. The number of aliphatic hydroxyl groups excluding tert-OH is 1. The maximum absolute atomic E-state index is 12.9. The summed E-state index contributed by atoms with van der Waals surface area (Å²) in [6.45, 7) is 3.80. The van der Waals surface area contributed by atoms with E-state index < -0.39 is 23.6 Å². The summed E-state index contributed by atoms with van der Waals surface area (Å²) in [6, 6.07) is -1.03. The molecule has 7 nitrogen and oxygen atoms in total. The average molecular weight is 297 g/mol. The fraction of sp³-hybridized carbons (Fsp3) is 0.786. The molecule has 2 aliphatic heterocycles. The molecule has 0 aromatic carbocycles. The van der Waals surface area contributed by atoms with E-state index >= 15 is 0 Å². The second kappa shape index (κ2) is 5.63. The molecular weight excluding hydrogens is 274 g/mol. The van der Waals surface area contributed by atoms with Gasteiger partial charge in [0.2, 0.25) is 17.7 Å². The van der Waals surface area contributed by atoms with Gasteiger partial charge in [0.05, 0.1) is 6.10 Å². The van der Waals surface area contributed by atoms with Gasteiger partial charge in [0, 0.05) is 20.0 Å². The molecule has 118 valence electrons. The van der Waals surface area contributed by atoms with E-state index in [4.69, 9.17) is 5.73 Å². The number of carbonyl (C=O) groups excluding carboxylic acids is 3. The smallest absolute Gasteiger partial charge is 0.249 e. The number of rotatable bonds is 3. The third-order valence-corrected chi connectivity index (χ3v) is 4.63. The Bertz CT molecular complexity index is 465. The van der Waals surface area contributed by atoms with Crippen molar-refractivity contribution in [3.05, 3.63) is 0 Å². The molecule has 2 heterocycles. The van der Waals surface area contributed by atoms with Crippen LogP contribution in [-0.4, -0.2) is 63.4 Å². The van der Waals surface area contributed by atoms with Crippen molar-refractivity contribution in [2.75, 3.05) is 13.1 Å². The second-order valence-corrected chi connectivity index (χ2v) is 6.00. The van der Waals surface area contributed by atoms with Crippen LogP contribution in [0.25, 0.3) is 0 Å². The predicted octanol–water partition coefficient (Wildman–Crippen LogP) is -0.775. The maximum atomic E-state index is 12.9. The van der Waals surface area contributed by atoms with E-state index in [-0.39, 0.29) is 11.8 Å². The number of hydrogen-bond donors (Lipinski definition) is 2. The number of likely N-dealkylation sites (tertiary alicyclic amines) is 2. The van der Waals surface area contributed by atoms with Crippen LogP contribution >= 0.6 is 0 Å². The van der Waals surface area contributed by atoms with Crippen molar-refractivity contribution in [2.45, 2.75) is 57.2 Å². The summed E-state index contributed by atoms with van der Waals surface area (Å²) in [5, 5.41) is 9.75. The van der Waals surface area contributed by atoms with E-state index in [1.54, 1.807) is 4.90 Å². The molecule has 7 heteroatoms. The second-order valence-electron chi connectivity index (χ2n) is 6.00. The molecule has 0 radical (unpaired) electrons. The minimum Gasteiger partial charge on any atom is -0.391 e. The first kappa shape index (κ1) is 15.8. The molecule has 0 aromatic heterocycles. The van der Waals surface area contributed by atoms with Gasteiger partial charge in [-0.1, -0.05) is 0 Å². The predicted molar refractivity (Wildman–Crippen MR) is 75.0 cm³/mol. The lowest BCUT2D eigenvalue weighted by Crippen LogP contribution is -2.61. The highest BCUT2D eigenvalue weighted by Crippen LogP contribution is 2.38. The molecule has 21 heavy (non-hydrogen) atoms. The zero-order chi connectivity index (χ0) is 15.8. The van der Waals surface area contributed by atoms with Gasteiger partial charge in [-0.05, 0) is 32.6 Å². The van der Waals surface area contributed by atoms with E-state index in [1.807, 2.05) is 0 Å². The average Bonchev–Trinajstić information content (AvgIpc) is 2.69. The Morgan fingerprint density at radius 3 is 2.48 bits per heavy atom. The lowest BCUT2D eigenvalue weighted by molar-refractivity contribution is -0.154. The summed E-state index contributed by atoms with van der Waals surface area (Å²) >= 11 is 0. The van der Waals surface area contributed by atoms with E-state index in [9.17, 15) is 19.5 Å². The highest BCUT2D eigenvalue weighted by atomic mass is 16.3. The molecule has 2 fully saturated rings. The van der Waals surface area contributed by atoms with Crippen LogP contribution in [-0.2, 0) is 14.4 Å². The molecule has 2 rings (SSSR count). The van der Waals surface area contributed by atoms with Crippen LogP contribution in [0.1, 0.15) is 39.5 Å². The van der Waals surface area contributed by atoms with Gasteiger partial charge in [-0.15, -0.1) is 0 Å². The number of nitrogens with two attached hydrogens (primary N) is 1. The highest BCUT2D eigenvalue weighted by molar-refractivity contribution is 5.96. The molecule has 1 spiro atoms. The zero-order valence-electron chi connectivity index (χ0n) is 12.5. The summed E-state index contributed by atoms with van der Waals surface area (Å²) in [5.41, 5.74) is 4.46. The Balaban J connectivity index is 2.31. The fourth-order valence-corrected chi connectivity index (χ4v) is 3.68. The van der Waals surface area contributed by atoms with Crippen molar-refractivity contribution < 1.29 is 19.5 Å². The minimum atomic E-state index is -1.03. The standard InChI is InChI=1S/C14H23N3O4/c1-9(18)11(12(15)20)16-8-6-14(13(16)21)5-3-4-7-17(14)10(2)19/h9,11,18H,3-8H2,1-2H3,(H2,15,20)/t9-,11+,14?/m1/s1. The Kier molecular flexibility index (Phi) is 4.22. The number of hydrogen-bond acceptors (Lipinski definition) is 4. The van der Waals surface area contributed by atoms with Crippen molar-refractivity contribution in [3.8, 4) is 0 Å². The minimum absolute atomic E-state index is 0.127. The third-order valence-electron chi connectivity index (χ3n) is 4.63. The summed E-state index contributed by atoms with van der Waals surface area (Å²) in [5.74, 6) is -1.11. The van der Waals surface area contributed by atoms with Crippen molar-refractivity contribution in [1.82, 2.24) is 9.80 Å². The summed E-state index contributed by atoms with van der Waals surface area (Å²) in [6.07, 6.45) is 1.81. The van der Waals surface area contributed by atoms with Crippen molar-refractivity contribution in [3.63, 3.8) is 0 Å². The van der Waals surface area contributed by atoms with E-state index in [2.05, 4.69) is 0 Å². The molecule has 3 N–H and O–H groups in total. The molecule has 3 amide bonds. The number of carbonyl (C=O) groups is 3. The van der Waals surface area contributed by atoms with E-state index in [1.165, 1.54) is 18.7 Å². The molecule has 0 aromatic rings. The zero-order valence-corrected chi connectivity index (χ0v) is 12.5. The molecule has 0 bridgehead atoms. The summed E-state index contributed by atoms with van der Waals surface area (Å²) in [7, 11) is 0. The lowest BCUT2D eigenvalue weighted by Gasteiger charge is -2.43. The molecule has 0 saturated carbocycles. The van der Waals surface area contributed by atoms with Crippen LogP contribution < -0.4 is 5.73 Å². The molecule has 2 aliphatic rings. The molecule has 0 aliphatic carbocycles. The largest absolute Gasteiger partial charge is 0.391 e.